The molecule has 0 aromatic heterocycles. The van der Waals surface area contributed by atoms with Gasteiger partial charge in [0.25, 0.3) is 5.91 Å². The zero-order valence-corrected chi connectivity index (χ0v) is 5.19. The van der Waals surface area contributed by atoms with Gasteiger partial charge in [0.1, 0.15) is 0 Å². The van der Waals surface area contributed by atoms with Crippen LogP contribution in [0.2, 0.25) is 0 Å². The summed E-state index contributed by atoms with van der Waals surface area (Å²) in [5, 5.41) is 0. The summed E-state index contributed by atoms with van der Waals surface area (Å²) in [6, 6.07) is 0. The average molecular weight is 135 g/mol. The monoisotopic (exact) mass is 135 g/mol. The second-order valence-corrected chi connectivity index (χ2v) is 2.02. The lowest BCUT2D eigenvalue weighted by molar-refractivity contribution is -0.119. The molecule has 2 aliphatic rings. The van der Waals surface area contributed by atoms with Crippen molar-refractivity contribution >= 4 is 18.1 Å². The van der Waals surface area contributed by atoms with Gasteiger partial charge in [-0.15, -0.1) is 0 Å². The number of nitrogens with zero attached hydrogens (tertiary/aromatic N) is 3. The Labute approximate surface area is 57.6 Å². The first-order chi connectivity index (χ1) is 4.88. The quantitative estimate of drug-likeness (QED) is 0.453. The Bertz CT molecular complexity index is 264. The molecule has 50 valence electrons. The van der Waals surface area contributed by atoms with Gasteiger partial charge >= 0.3 is 0 Å². The Morgan fingerprint density at radius 1 is 1.60 bits per heavy atom. The molecule has 4 nitrogen and oxygen atoms in total. The van der Waals surface area contributed by atoms with Gasteiger partial charge in [-0.05, 0) is 6.08 Å². The van der Waals surface area contributed by atoms with Gasteiger partial charge in [0.15, 0.2) is 0 Å². The van der Waals surface area contributed by atoms with Gasteiger partial charge in [-0.25, -0.2) is 9.98 Å². The number of hydrogen-bond donors (Lipinski definition) is 0. The van der Waals surface area contributed by atoms with Crippen molar-refractivity contribution in [1.29, 1.82) is 0 Å². The van der Waals surface area contributed by atoms with Crippen LogP contribution in [-0.4, -0.2) is 29.5 Å². The first kappa shape index (κ1) is 5.34. The van der Waals surface area contributed by atoms with Gasteiger partial charge in [-0.2, -0.15) is 0 Å². The van der Waals surface area contributed by atoms with Crippen LogP contribution in [0, 0.1) is 0 Å². The van der Waals surface area contributed by atoms with Gasteiger partial charge < -0.3 is 0 Å². The maximum absolute atomic E-state index is 10.9. The Morgan fingerprint density at radius 2 is 2.50 bits per heavy atom. The van der Waals surface area contributed by atoms with Gasteiger partial charge in [0.2, 0.25) is 5.96 Å². The second kappa shape index (κ2) is 1.76. The molecule has 0 unspecified atom stereocenters. The van der Waals surface area contributed by atoms with Crippen molar-refractivity contribution < 1.29 is 4.79 Å². The fourth-order valence-electron chi connectivity index (χ4n) is 0.897. The van der Waals surface area contributed by atoms with E-state index in [1.807, 2.05) is 6.08 Å². The third-order valence-electron chi connectivity index (χ3n) is 1.38. The molecular weight excluding hydrogens is 130 g/mol. The van der Waals surface area contributed by atoms with Crippen LogP contribution in [0.4, 0.5) is 0 Å². The summed E-state index contributed by atoms with van der Waals surface area (Å²) in [6.07, 6.45) is 4.75. The van der Waals surface area contributed by atoms with Crippen molar-refractivity contribution in [3.8, 4) is 0 Å². The van der Waals surface area contributed by atoms with Gasteiger partial charge in [0, 0.05) is 12.7 Å². The molecule has 0 aliphatic carbocycles. The third kappa shape index (κ3) is 0.586. The average Bonchev–Trinajstić information content (AvgIpc) is 2.34. The van der Waals surface area contributed by atoms with E-state index < -0.39 is 0 Å². The van der Waals surface area contributed by atoms with Crippen molar-refractivity contribution in [3.05, 3.63) is 12.3 Å². The summed E-state index contributed by atoms with van der Waals surface area (Å²) in [7, 11) is 0. The van der Waals surface area contributed by atoms with E-state index in [0.29, 0.717) is 12.5 Å². The lowest BCUT2D eigenvalue weighted by Crippen LogP contribution is -2.32. The molecule has 0 saturated carbocycles. The van der Waals surface area contributed by atoms with Crippen LogP contribution in [0.15, 0.2) is 22.3 Å². The summed E-state index contributed by atoms with van der Waals surface area (Å²) in [5.41, 5.74) is 0. The normalized spacial score (nSPS) is 21.4. The fourth-order valence-corrected chi connectivity index (χ4v) is 0.897. The molecule has 0 saturated heterocycles. The topological polar surface area (TPSA) is 45.0 Å². The highest BCUT2D eigenvalue weighted by Crippen LogP contribution is 2.05. The number of amides is 1. The first-order valence-electron chi connectivity index (χ1n) is 2.96. The number of aliphatic imine (C=N–C) groups is 2. The van der Waals surface area contributed by atoms with Crippen LogP contribution in [0.5, 0.6) is 0 Å². The van der Waals surface area contributed by atoms with Gasteiger partial charge in [-0.1, -0.05) is 0 Å². The number of carbonyl (C=O) groups is 1. The SMILES string of the molecule is O=C1C=NC2=NC=CCN12. The summed E-state index contributed by atoms with van der Waals surface area (Å²) in [6.45, 7) is 0.595. The molecule has 10 heavy (non-hydrogen) atoms. The highest BCUT2D eigenvalue weighted by Gasteiger charge is 2.22. The van der Waals surface area contributed by atoms with Crippen LogP contribution < -0.4 is 0 Å². The molecule has 2 aliphatic heterocycles. The maximum Gasteiger partial charge on any atom is 0.272 e. The molecule has 2 rings (SSSR count). The first-order valence-corrected chi connectivity index (χ1v) is 2.96. The highest BCUT2D eigenvalue weighted by molar-refractivity contribution is 6.36. The van der Waals surface area contributed by atoms with Crippen molar-refractivity contribution in [2.24, 2.45) is 9.98 Å². The molecule has 0 bridgehead atoms. The van der Waals surface area contributed by atoms with Crippen molar-refractivity contribution in [2.75, 3.05) is 6.54 Å². The molecule has 0 atom stereocenters. The molecule has 0 fully saturated rings. The summed E-state index contributed by atoms with van der Waals surface area (Å²) < 4.78 is 0. The largest absolute Gasteiger partial charge is 0.272 e. The Kier molecular flexibility index (Phi) is 0.943. The predicted octanol–water partition coefficient (Wildman–Crippen LogP) is -0.217. The van der Waals surface area contributed by atoms with E-state index in [0.717, 1.165) is 0 Å². The molecule has 0 radical (unpaired) electrons. The Hall–Kier alpha value is -1.45. The zero-order chi connectivity index (χ0) is 6.97. The molecule has 0 spiro atoms. The third-order valence-corrected chi connectivity index (χ3v) is 1.38. The van der Waals surface area contributed by atoms with Crippen molar-refractivity contribution in [1.82, 2.24) is 4.90 Å². The maximum atomic E-state index is 10.9. The van der Waals surface area contributed by atoms with E-state index in [1.54, 1.807) is 6.20 Å². The van der Waals surface area contributed by atoms with Crippen LogP contribution in [0.1, 0.15) is 0 Å². The summed E-state index contributed by atoms with van der Waals surface area (Å²) >= 11 is 0. The van der Waals surface area contributed by atoms with Crippen LogP contribution in [-0.2, 0) is 4.79 Å². The summed E-state index contributed by atoms with van der Waals surface area (Å²) in [5.74, 6) is 0.426. The van der Waals surface area contributed by atoms with E-state index in [1.165, 1.54) is 11.1 Å². The lowest BCUT2D eigenvalue weighted by atomic mass is 10.4. The number of fused-ring (bicyclic) bond motifs is 1. The van der Waals surface area contributed by atoms with Gasteiger partial charge in [0.05, 0.1) is 6.21 Å². The van der Waals surface area contributed by atoms with E-state index in [-0.39, 0.29) is 5.91 Å². The lowest BCUT2D eigenvalue weighted by Gasteiger charge is -2.13. The number of rotatable bonds is 0. The van der Waals surface area contributed by atoms with Crippen LogP contribution in [0.25, 0.3) is 0 Å². The van der Waals surface area contributed by atoms with E-state index >= 15 is 0 Å². The summed E-state index contributed by atoms with van der Waals surface area (Å²) in [4.78, 5) is 20.1. The van der Waals surface area contributed by atoms with E-state index in [2.05, 4.69) is 9.98 Å². The minimum atomic E-state index is -0.0805. The van der Waals surface area contributed by atoms with Crippen LogP contribution in [0.3, 0.4) is 0 Å². The zero-order valence-electron chi connectivity index (χ0n) is 5.19. The molecule has 0 aromatic rings. The smallest absolute Gasteiger partial charge is 0.272 e. The minimum Gasteiger partial charge on any atom is -0.272 e. The number of carbonyl (C=O) groups excluding carboxylic acids is 1. The minimum absolute atomic E-state index is 0.0805. The molecular formula is C6H5N3O. The fraction of sp³-hybridized carbons (Fsp3) is 0.167. The number of guanidine groups is 1. The van der Waals surface area contributed by atoms with Crippen molar-refractivity contribution in [2.45, 2.75) is 0 Å². The predicted molar refractivity (Wildman–Crippen MR) is 36.8 cm³/mol. The second-order valence-electron chi connectivity index (χ2n) is 2.02. The highest BCUT2D eigenvalue weighted by atomic mass is 16.2. The van der Waals surface area contributed by atoms with E-state index in [9.17, 15) is 4.79 Å². The Balaban J connectivity index is 2.39. The van der Waals surface area contributed by atoms with E-state index in [4.69, 9.17) is 0 Å². The van der Waals surface area contributed by atoms with Crippen molar-refractivity contribution in [3.63, 3.8) is 0 Å². The molecule has 0 aromatic carbocycles. The molecule has 2 heterocycles. The van der Waals surface area contributed by atoms with Gasteiger partial charge in [-0.3, -0.25) is 9.69 Å². The Morgan fingerprint density at radius 3 is 3.30 bits per heavy atom. The number of hydrogen-bond acceptors (Lipinski definition) is 3. The molecule has 4 heteroatoms. The van der Waals surface area contributed by atoms with Crippen LogP contribution >= 0.6 is 0 Å². The molecule has 0 N–H and O–H groups in total. The standard InChI is InChI=1S/C6H5N3O/c10-5-4-8-6-7-2-1-3-9(5)6/h1-2,4H,3H2. The molecule has 1 amide bonds.